The Morgan fingerprint density at radius 1 is 1.50 bits per heavy atom. The van der Waals surface area contributed by atoms with Crippen molar-refractivity contribution < 1.29 is 9.53 Å². The minimum Gasteiger partial charge on any atom is -0.381 e. The number of hydrogen-bond donors (Lipinski definition) is 2. The molecular formula is C14H20N4O2. The Labute approximate surface area is 117 Å². The van der Waals surface area contributed by atoms with E-state index in [9.17, 15) is 4.79 Å². The number of aryl methyl sites for hydroxylation is 1. The van der Waals surface area contributed by atoms with Crippen LogP contribution in [0.15, 0.2) is 12.3 Å². The van der Waals surface area contributed by atoms with Gasteiger partial charge < -0.3 is 10.1 Å². The molecule has 2 rings (SSSR count). The van der Waals surface area contributed by atoms with Crippen molar-refractivity contribution >= 4 is 22.6 Å². The third kappa shape index (κ3) is 3.77. The van der Waals surface area contributed by atoms with E-state index in [1.807, 2.05) is 13.0 Å². The van der Waals surface area contributed by atoms with Crippen molar-refractivity contribution in [1.82, 2.24) is 15.2 Å². The van der Waals surface area contributed by atoms with Gasteiger partial charge in [0.05, 0.1) is 24.9 Å². The van der Waals surface area contributed by atoms with E-state index in [1.54, 1.807) is 6.20 Å². The largest absolute Gasteiger partial charge is 0.381 e. The van der Waals surface area contributed by atoms with Crippen LogP contribution in [-0.2, 0) is 9.53 Å². The molecule has 2 aromatic heterocycles. The van der Waals surface area contributed by atoms with Gasteiger partial charge in [-0.2, -0.15) is 5.10 Å². The number of amides is 1. The van der Waals surface area contributed by atoms with E-state index in [4.69, 9.17) is 4.74 Å². The second kappa shape index (κ2) is 6.47. The third-order valence-corrected chi connectivity index (χ3v) is 2.81. The van der Waals surface area contributed by atoms with Gasteiger partial charge in [-0.3, -0.25) is 9.89 Å². The lowest BCUT2D eigenvalue weighted by Crippen LogP contribution is -2.15. The van der Waals surface area contributed by atoms with Crippen LogP contribution in [0, 0.1) is 12.8 Å². The highest BCUT2D eigenvalue weighted by Crippen LogP contribution is 2.17. The molecule has 0 bridgehead atoms. The van der Waals surface area contributed by atoms with Crippen LogP contribution in [0.2, 0.25) is 0 Å². The first-order valence-corrected chi connectivity index (χ1v) is 6.74. The summed E-state index contributed by atoms with van der Waals surface area (Å²) in [5, 5.41) is 10.6. The number of nitrogens with one attached hydrogen (secondary N) is 2. The number of anilines is 1. The van der Waals surface area contributed by atoms with Gasteiger partial charge in [-0.05, 0) is 18.9 Å². The number of nitrogens with zero attached hydrogens (tertiary/aromatic N) is 2. The number of ether oxygens (including phenoxy) is 1. The first-order chi connectivity index (χ1) is 9.56. The number of carbonyl (C=O) groups is 1. The summed E-state index contributed by atoms with van der Waals surface area (Å²) in [7, 11) is 0. The predicted molar refractivity (Wildman–Crippen MR) is 77.5 cm³/mol. The van der Waals surface area contributed by atoms with E-state index in [-0.39, 0.29) is 5.91 Å². The summed E-state index contributed by atoms with van der Waals surface area (Å²) in [6.45, 7) is 7.18. The second-order valence-electron chi connectivity index (χ2n) is 5.21. The lowest BCUT2D eigenvalue weighted by Gasteiger charge is -2.07. The van der Waals surface area contributed by atoms with Crippen LogP contribution >= 0.6 is 0 Å². The van der Waals surface area contributed by atoms with Gasteiger partial charge in [-0.25, -0.2) is 4.98 Å². The molecule has 0 radical (unpaired) electrons. The second-order valence-corrected chi connectivity index (χ2v) is 5.21. The van der Waals surface area contributed by atoms with Crippen molar-refractivity contribution in [3.8, 4) is 0 Å². The molecule has 20 heavy (non-hydrogen) atoms. The number of aromatic amines is 1. The SMILES string of the molecule is Cc1[nH]nc2ncc(NC(=O)CCOCC(C)C)cc12. The number of aromatic nitrogens is 3. The van der Waals surface area contributed by atoms with Crippen molar-refractivity contribution in [1.29, 1.82) is 0 Å². The molecule has 1 amide bonds. The van der Waals surface area contributed by atoms with Crippen LogP contribution in [0.25, 0.3) is 11.0 Å². The lowest BCUT2D eigenvalue weighted by molar-refractivity contribution is -0.117. The molecular weight excluding hydrogens is 256 g/mol. The van der Waals surface area contributed by atoms with Gasteiger partial charge in [0.25, 0.3) is 0 Å². The molecule has 0 aromatic carbocycles. The molecule has 0 aliphatic heterocycles. The maximum atomic E-state index is 11.8. The highest BCUT2D eigenvalue weighted by atomic mass is 16.5. The summed E-state index contributed by atoms with van der Waals surface area (Å²) < 4.78 is 5.39. The van der Waals surface area contributed by atoms with Gasteiger partial charge in [-0.1, -0.05) is 13.8 Å². The summed E-state index contributed by atoms with van der Waals surface area (Å²) in [5.74, 6) is 0.407. The fraction of sp³-hybridized carbons (Fsp3) is 0.500. The zero-order chi connectivity index (χ0) is 14.5. The standard InChI is InChI=1S/C14H20N4O2/c1-9(2)8-20-5-4-13(19)16-11-6-12-10(3)17-18-14(12)15-7-11/h6-7,9H,4-5,8H2,1-3H3,(H,16,19)(H,15,17,18). The molecule has 0 aliphatic carbocycles. The Kier molecular flexibility index (Phi) is 4.68. The Morgan fingerprint density at radius 2 is 2.30 bits per heavy atom. The van der Waals surface area contributed by atoms with E-state index in [0.29, 0.717) is 36.9 Å². The van der Waals surface area contributed by atoms with Crippen LogP contribution in [-0.4, -0.2) is 34.3 Å². The van der Waals surface area contributed by atoms with Gasteiger partial charge >= 0.3 is 0 Å². The molecule has 0 spiro atoms. The number of hydrogen-bond acceptors (Lipinski definition) is 4. The quantitative estimate of drug-likeness (QED) is 0.793. The van der Waals surface area contributed by atoms with Crippen LogP contribution < -0.4 is 5.32 Å². The van der Waals surface area contributed by atoms with Crippen LogP contribution in [0.1, 0.15) is 26.0 Å². The third-order valence-electron chi connectivity index (χ3n) is 2.81. The van der Waals surface area contributed by atoms with Crippen molar-refractivity contribution in [3.63, 3.8) is 0 Å². The number of H-pyrrole nitrogens is 1. The smallest absolute Gasteiger partial charge is 0.226 e. The van der Waals surface area contributed by atoms with E-state index in [0.717, 1.165) is 11.1 Å². The molecule has 6 nitrogen and oxygen atoms in total. The fourth-order valence-corrected chi connectivity index (χ4v) is 1.80. The average molecular weight is 276 g/mol. The first kappa shape index (κ1) is 14.5. The van der Waals surface area contributed by atoms with E-state index < -0.39 is 0 Å². The molecule has 0 unspecified atom stereocenters. The molecule has 0 aliphatic rings. The molecule has 0 atom stereocenters. The van der Waals surface area contributed by atoms with Gasteiger partial charge in [-0.15, -0.1) is 0 Å². The Morgan fingerprint density at radius 3 is 3.05 bits per heavy atom. The van der Waals surface area contributed by atoms with E-state index in [2.05, 4.69) is 34.3 Å². The molecule has 6 heteroatoms. The van der Waals surface area contributed by atoms with Gasteiger partial charge in [0.1, 0.15) is 0 Å². The van der Waals surface area contributed by atoms with Crippen LogP contribution in [0.5, 0.6) is 0 Å². The monoisotopic (exact) mass is 276 g/mol. The summed E-state index contributed by atoms with van der Waals surface area (Å²) in [6, 6.07) is 1.87. The highest BCUT2D eigenvalue weighted by Gasteiger charge is 2.07. The topological polar surface area (TPSA) is 79.9 Å². The maximum absolute atomic E-state index is 11.8. The minimum absolute atomic E-state index is 0.0731. The predicted octanol–water partition coefficient (Wildman–Crippen LogP) is 2.27. The van der Waals surface area contributed by atoms with Gasteiger partial charge in [0.15, 0.2) is 5.65 Å². The normalized spacial score (nSPS) is 11.2. The lowest BCUT2D eigenvalue weighted by atomic mass is 10.2. The summed E-state index contributed by atoms with van der Waals surface area (Å²) in [5.41, 5.74) is 2.26. The minimum atomic E-state index is -0.0731. The van der Waals surface area contributed by atoms with Crippen LogP contribution in [0.4, 0.5) is 5.69 Å². The number of carbonyl (C=O) groups excluding carboxylic acids is 1. The molecule has 0 fully saturated rings. The zero-order valence-electron chi connectivity index (χ0n) is 12.1. The van der Waals surface area contributed by atoms with E-state index >= 15 is 0 Å². The van der Waals surface area contributed by atoms with Crippen molar-refractivity contribution in [3.05, 3.63) is 18.0 Å². The fourth-order valence-electron chi connectivity index (χ4n) is 1.80. The number of fused-ring (bicyclic) bond motifs is 1. The first-order valence-electron chi connectivity index (χ1n) is 6.74. The summed E-state index contributed by atoms with van der Waals surface area (Å²) >= 11 is 0. The van der Waals surface area contributed by atoms with Crippen molar-refractivity contribution in [2.24, 2.45) is 5.92 Å². The van der Waals surface area contributed by atoms with E-state index in [1.165, 1.54) is 0 Å². The van der Waals surface area contributed by atoms with Crippen molar-refractivity contribution in [2.45, 2.75) is 27.2 Å². The molecule has 2 heterocycles. The molecule has 2 aromatic rings. The molecule has 2 N–H and O–H groups in total. The Hall–Kier alpha value is -1.95. The highest BCUT2D eigenvalue weighted by molar-refractivity contribution is 5.93. The molecule has 108 valence electrons. The maximum Gasteiger partial charge on any atom is 0.226 e. The Bertz CT molecular complexity index is 592. The van der Waals surface area contributed by atoms with Crippen LogP contribution in [0.3, 0.4) is 0 Å². The summed E-state index contributed by atoms with van der Waals surface area (Å²) in [4.78, 5) is 16.0. The molecule has 0 saturated carbocycles. The zero-order valence-corrected chi connectivity index (χ0v) is 12.1. The van der Waals surface area contributed by atoms with Crippen molar-refractivity contribution in [2.75, 3.05) is 18.5 Å². The number of pyridine rings is 1. The summed E-state index contributed by atoms with van der Waals surface area (Å²) in [6.07, 6.45) is 1.95. The Balaban J connectivity index is 1.87. The average Bonchev–Trinajstić information content (AvgIpc) is 2.76. The number of rotatable bonds is 6. The molecule has 0 saturated heterocycles. The van der Waals surface area contributed by atoms with Gasteiger partial charge in [0, 0.05) is 17.7 Å². The van der Waals surface area contributed by atoms with Gasteiger partial charge in [0.2, 0.25) is 5.91 Å².